The zero-order chi connectivity index (χ0) is 44.7. The molecule has 0 bridgehead atoms. The summed E-state index contributed by atoms with van der Waals surface area (Å²) in [5.41, 5.74) is 8.82. The Labute approximate surface area is 385 Å². The molecule has 334 valence electrons. The van der Waals surface area contributed by atoms with Gasteiger partial charge in [-0.2, -0.15) is 4.31 Å². The SMILES string of the molecule is CCN1CCN(c2ccc(N)cc2)CC1.CCOc1ncccc1C1(Nc2ccc(N3CCN(CC)CC3)cc2)C(=O)N(S(=O)(=O)c2ccc(OC)cc2OC)c2ccc(I)cc21. The van der Waals surface area contributed by atoms with Gasteiger partial charge in [-0.25, -0.2) is 13.4 Å². The van der Waals surface area contributed by atoms with Crippen LogP contribution in [0.3, 0.4) is 0 Å². The molecule has 0 aliphatic carbocycles. The van der Waals surface area contributed by atoms with Crippen molar-refractivity contribution in [3.63, 3.8) is 0 Å². The van der Waals surface area contributed by atoms with Crippen LogP contribution in [0.1, 0.15) is 31.9 Å². The minimum absolute atomic E-state index is 0.0476. The first-order valence-corrected chi connectivity index (χ1v) is 23.9. The first-order chi connectivity index (χ1) is 30.5. The molecule has 1 unspecified atom stereocenters. The van der Waals surface area contributed by atoms with Gasteiger partial charge in [0.25, 0.3) is 15.9 Å². The summed E-state index contributed by atoms with van der Waals surface area (Å²) in [6.45, 7) is 17.1. The van der Waals surface area contributed by atoms with Gasteiger partial charge in [0.1, 0.15) is 16.4 Å². The Kier molecular flexibility index (Phi) is 14.5. The quantitative estimate of drug-likeness (QED) is 0.0950. The molecule has 2 saturated heterocycles. The van der Waals surface area contributed by atoms with Gasteiger partial charge in [0.05, 0.1) is 32.1 Å². The summed E-state index contributed by atoms with van der Waals surface area (Å²) in [7, 11) is -1.66. The number of carbonyl (C=O) groups is 1. The number of pyridine rings is 1. The number of aromatic nitrogens is 1. The third kappa shape index (κ3) is 9.49. The second-order valence-corrected chi connectivity index (χ2v) is 18.4. The Bertz CT molecular complexity index is 2460. The van der Waals surface area contributed by atoms with Crippen molar-refractivity contribution < 1.29 is 27.4 Å². The lowest BCUT2D eigenvalue weighted by molar-refractivity contribution is -0.120. The number of halogens is 1. The molecule has 0 spiro atoms. The van der Waals surface area contributed by atoms with Crippen molar-refractivity contribution in [1.82, 2.24) is 14.8 Å². The molecule has 4 aromatic carbocycles. The highest BCUT2D eigenvalue weighted by Crippen LogP contribution is 2.51. The molecule has 0 saturated carbocycles. The van der Waals surface area contributed by atoms with Crippen molar-refractivity contribution in [3.8, 4) is 17.4 Å². The third-order valence-electron chi connectivity index (χ3n) is 11.9. The van der Waals surface area contributed by atoms with Crippen LogP contribution in [-0.4, -0.2) is 115 Å². The predicted molar refractivity (Wildman–Crippen MR) is 259 cm³/mol. The minimum atomic E-state index is -4.52. The number of carbonyl (C=O) groups excluding carboxylic acids is 1. The number of piperazine rings is 2. The normalized spacial score (nSPS) is 18.1. The van der Waals surface area contributed by atoms with E-state index in [0.29, 0.717) is 29.2 Å². The number of rotatable bonds is 13. The highest BCUT2D eigenvalue weighted by Gasteiger charge is 2.58. The number of nitrogens with one attached hydrogen (secondary N) is 1. The van der Waals surface area contributed by atoms with Gasteiger partial charge in [0, 0.05) is 96.5 Å². The molecule has 4 heterocycles. The second-order valence-electron chi connectivity index (χ2n) is 15.4. The van der Waals surface area contributed by atoms with E-state index in [9.17, 15) is 8.42 Å². The average molecular weight is 989 g/mol. The van der Waals surface area contributed by atoms with Crippen molar-refractivity contribution in [2.45, 2.75) is 31.2 Å². The largest absolute Gasteiger partial charge is 0.497 e. The molecule has 5 aromatic rings. The molecule has 63 heavy (non-hydrogen) atoms. The summed E-state index contributed by atoms with van der Waals surface area (Å²) >= 11 is 2.17. The lowest BCUT2D eigenvalue weighted by Gasteiger charge is -2.36. The number of hydrogen-bond acceptors (Lipinski definition) is 13. The highest BCUT2D eigenvalue weighted by molar-refractivity contribution is 14.1. The van der Waals surface area contributed by atoms with E-state index in [2.05, 4.69) is 78.5 Å². The Morgan fingerprint density at radius 1 is 0.746 bits per heavy atom. The summed E-state index contributed by atoms with van der Waals surface area (Å²) in [5, 5.41) is 3.49. The van der Waals surface area contributed by atoms with Crippen LogP contribution in [0.5, 0.6) is 17.4 Å². The number of nitrogen functional groups attached to an aromatic ring is 1. The number of sulfonamides is 1. The van der Waals surface area contributed by atoms with Crippen LogP contribution in [0.4, 0.5) is 28.4 Å². The maximum Gasteiger partial charge on any atom is 0.276 e. The monoisotopic (exact) mass is 988 g/mol. The fourth-order valence-corrected chi connectivity index (χ4v) is 10.5. The van der Waals surface area contributed by atoms with E-state index in [4.69, 9.17) is 19.9 Å². The maximum absolute atomic E-state index is 15.2. The molecule has 8 rings (SSSR count). The number of methoxy groups -OCH3 is 2. The number of hydrogen-bond donors (Lipinski definition) is 2. The van der Waals surface area contributed by atoms with Gasteiger partial charge in [-0.15, -0.1) is 0 Å². The number of anilines is 5. The van der Waals surface area contributed by atoms with Gasteiger partial charge in [-0.1, -0.05) is 13.8 Å². The van der Waals surface area contributed by atoms with Crippen LogP contribution in [0.2, 0.25) is 0 Å². The van der Waals surface area contributed by atoms with Gasteiger partial charge < -0.3 is 44.9 Å². The van der Waals surface area contributed by atoms with Crippen molar-refractivity contribution in [3.05, 3.63) is 118 Å². The Balaban J connectivity index is 0.000000333. The van der Waals surface area contributed by atoms with E-state index in [1.54, 1.807) is 30.5 Å². The molecule has 2 fully saturated rings. The maximum atomic E-state index is 15.2. The third-order valence-corrected chi connectivity index (χ3v) is 14.3. The van der Waals surface area contributed by atoms with Crippen LogP contribution in [-0.2, 0) is 20.4 Å². The fraction of sp³-hybridized carbons (Fsp3) is 0.362. The van der Waals surface area contributed by atoms with Crippen molar-refractivity contribution in [2.75, 3.05) is 111 Å². The molecule has 3 N–H and O–H groups in total. The van der Waals surface area contributed by atoms with Gasteiger partial charge in [-0.05, 0) is 134 Å². The van der Waals surface area contributed by atoms with Gasteiger partial charge in [0.2, 0.25) is 5.88 Å². The molecule has 14 nitrogen and oxygen atoms in total. The van der Waals surface area contributed by atoms with E-state index in [0.717, 1.165) is 71.6 Å². The van der Waals surface area contributed by atoms with Crippen LogP contribution in [0, 0.1) is 3.57 Å². The van der Waals surface area contributed by atoms with Crippen LogP contribution >= 0.6 is 22.6 Å². The Hall–Kier alpha value is -5.30. The Morgan fingerprint density at radius 2 is 1.35 bits per heavy atom. The van der Waals surface area contributed by atoms with Crippen LogP contribution in [0.15, 0.2) is 108 Å². The molecule has 0 radical (unpaired) electrons. The number of likely N-dealkylation sites (N-methyl/N-ethyl adjacent to an activating group) is 2. The fourth-order valence-electron chi connectivity index (χ4n) is 8.37. The van der Waals surface area contributed by atoms with E-state index in [1.165, 1.54) is 51.2 Å². The first-order valence-electron chi connectivity index (χ1n) is 21.4. The van der Waals surface area contributed by atoms with E-state index < -0.39 is 21.5 Å². The summed E-state index contributed by atoms with van der Waals surface area (Å²) in [6, 6.07) is 29.2. The molecule has 3 aliphatic rings. The summed E-state index contributed by atoms with van der Waals surface area (Å²) < 4.78 is 47.7. The number of nitrogens with zero attached hydrogens (tertiary/aromatic N) is 6. The zero-order valence-corrected chi connectivity index (χ0v) is 39.6. The Morgan fingerprint density at radius 3 is 1.90 bits per heavy atom. The summed E-state index contributed by atoms with van der Waals surface area (Å²) in [5.74, 6) is -0.0493. The van der Waals surface area contributed by atoms with Crippen LogP contribution in [0.25, 0.3) is 0 Å². The summed E-state index contributed by atoms with van der Waals surface area (Å²) in [6.07, 6.45) is 1.58. The van der Waals surface area contributed by atoms with Crippen LogP contribution < -0.4 is 39.4 Å². The van der Waals surface area contributed by atoms with E-state index in [-0.39, 0.29) is 22.2 Å². The molecular formula is C47H57IN8O6S. The lowest BCUT2D eigenvalue weighted by atomic mass is 9.83. The molecule has 1 amide bonds. The second kappa shape index (κ2) is 20.0. The first kappa shape index (κ1) is 45.7. The van der Waals surface area contributed by atoms with Gasteiger partial charge in [-0.3, -0.25) is 4.79 Å². The molecule has 1 aromatic heterocycles. The highest BCUT2D eigenvalue weighted by atomic mass is 127. The lowest BCUT2D eigenvalue weighted by Crippen LogP contribution is -2.49. The standard InChI is InChI=1S/C35H38IN5O6S.C12H19N3/c1-5-39-18-20-40(21-19-39)26-12-10-25(11-13-26)38-35(28-8-7-17-37-33(28)47-6-2)29-22-24(36)9-15-30(29)41(34(35)42)48(43,44)32-16-14-27(45-3)23-31(32)46-4;1-2-14-7-9-15(10-8-14)12-5-3-11(13)4-6-12/h7-17,22-23,38H,5-6,18-21H2,1-4H3;3-6H,2,7-10,13H2,1H3. The van der Waals surface area contributed by atoms with E-state index in [1.807, 2.05) is 49.4 Å². The predicted octanol–water partition coefficient (Wildman–Crippen LogP) is 6.75. The van der Waals surface area contributed by atoms with Gasteiger partial charge >= 0.3 is 0 Å². The number of benzene rings is 4. The molecule has 1 atom stereocenters. The van der Waals surface area contributed by atoms with Crippen molar-refractivity contribution >= 4 is 67.0 Å². The smallest absolute Gasteiger partial charge is 0.276 e. The number of ether oxygens (including phenoxy) is 3. The summed E-state index contributed by atoms with van der Waals surface area (Å²) in [4.78, 5) is 29.2. The molecular weight excluding hydrogens is 932 g/mol. The zero-order valence-electron chi connectivity index (χ0n) is 36.6. The average Bonchev–Trinajstić information content (AvgIpc) is 3.56. The number of amides is 1. The number of fused-ring (bicyclic) bond motifs is 1. The molecule has 16 heteroatoms. The topological polar surface area (TPSA) is 146 Å². The van der Waals surface area contributed by atoms with Crippen molar-refractivity contribution in [1.29, 1.82) is 0 Å². The molecule has 3 aliphatic heterocycles. The number of nitrogens with two attached hydrogens (primary N) is 1. The van der Waals surface area contributed by atoms with E-state index >= 15 is 4.79 Å². The minimum Gasteiger partial charge on any atom is -0.497 e. The van der Waals surface area contributed by atoms with Gasteiger partial charge in [0.15, 0.2) is 5.54 Å². The van der Waals surface area contributed by atoms with Crippen molar-refractivity contribution in [2.24, 2.45) is 0 Å².